The van der Waals surface area contributed by atoms with Gasteiger partial charge in [-0.05, 0) is 43.9 Å². The van der Waals surface area contributed by atoms with E-state index in [0.717, 1.165) is 12.0 Å². The Bertz CT molecular complexity index is 529. The Balaban J connectivity index is 2.10. The molecule has 1 saturated heterocycles. The van der Waals surface area contributed by atoms with Crippen LogP contribution in [-0.2, 0) is 9.59 Å². The molecule has 1 amide bonds. The van der Waals surface area contributed by atoms with Gasteiger partial charge in [0.2, 0.25) is 0 Å². The van der Waals surface area contributed by atoms with Gasteiger partial charge in [-0.2, -0.15) is 0 Å². The Morgan fingerprint density at radius 3 is 2.86 bits per heavy atom. The number of carboxylic acids is 1. The smallest absolute Gasteiger partial charge is 0.326 e. The summed E-state index contributed by atoms with van der Waals surface area (Å²) >= 11 is 0. The minimum absolute atomic E-state index is 0.232. The number of carbonyl (C=O) groups is 2. The van der Waals surface area contributed by atoms with Gasteiger partial charge >= 0.3 is 5.97 Å². The molecule has 21 heavy (non-hydrogen) atoms. The number of amides is 1. The first-order valence-corrected chi connectivity index (χ1v) is 7.29. The zero-order chi connectivity index (χ0) is 15.4. The second kappa shape index (κ2) is 6.61. The zero-order valence-electron chi connectivity index (χ0n) is 12.4. The lowest BCUT2D eigenvalue weighted by Gasteiger charge is -2.26. The van der Waals surface area contributed by atoms with E-state index >= 15 is 0 Å². The standard InChI is InChI=1S/C16H21NO4/c1-3-14(21-12-7-4-6-11(2)10-12)15(18)17-9-5-8-13(17)16(19)20/h4,6-7,10,13-14H,3,5,8-9H2,1-2H3,(H,19,20)/t13-,14?/m1/s1. The lowest BCUT2D eigenvalue weighted by Crippen LogP contribution is -2.47. The maximum Gasteiger partial charge on any atom is 0.326 e. The predicted octanol–water partition coefficient (Wildman–Crippen LogP) is 2.23. The fraction of sp³-hybridized carbons (Fsp3) is 0.500. The molecule has 1 aliphatic heterocycles. The van der Waals surface area contributed by atoms with E-state index in [1.54, 1.807) is 0 Å². The molecule has 5 nitrogen and oxygen atoms in total. The highest BCUT2D eigenvalue weighted by molar-refractivity contribution is 5.87. The summed E-state index contributed by atoms with van der Waals surface area (Å²) in [5.41, 5.74) is 1.05. The highest BCUT2D eigenvalue weighted by atomic mass is 16.5. The van der Waals surface area contributed by atoms with Crippen LogP contribution in [0.4, 0.5) is 0 Å². The van der Waals surface area contributed by atoms with Gasteiger partial charge in [0.25, 0.3) is 5.91 Å². The van der Waals surface area contributed by atoms with Crippen LogP contribution in [0.2, 0.25) is 0 Å². The van der Waals surface area contributed by atoms with Crippen molar-refractivity contribution in [2.24, 2.45) is 0 Å². The van der Waals surface area contributed by atoms with Gasteiger partial charge in [-0.25, -0.2) is 4.79 Å². The number of ether oxygens (including phenoxy) is 1. The normalized spacial score (nSPS) is 19.3. The highest BCUT2D eigenvalue weighted by Crippen LogP contribution is 2.22. The fourth-order valence-electron chi connectivity index (χ4n) is 2.63. The summed E-state index contributed by atoms with van der Waals surface area (Å²) in [4.78, 5) is 25.2. The van der Waals surface area contributed by atoms with Crippen molar-refractivity contribution in [1.29, 1.82) is 0 Å². The third-order valence-corrected chi connectivity index (χ3v) is 3.74. The van der Waals surface area contributed by atoms with E-state index in [2.05, 4.69) is 0 Å². The van der Waals surface area contributed by atoms with Crippen molar-refractivity contribution in [2.45, 2.75) is 45.3 Å². The Hall–Kier alpha value is -2.04. The summed E-state index contributed by atoms with van der Waals surface area (Å²) in [6, 6.07) is 6.79. The summed E-state index contributed by atoms with van der Waals surface area (Å²) in [5.74, 6) is -0.531. The number of nitrogens with zero attached hydrogens (tertiary/aromatic N) is 1. The molecular weight excluding hydrogens is 270 g/mol. The second-order valence-corrected chi connectivity index (χ2v) is 5.36. The molecule has 1 aromatic carbocycles. The molecule has 1 aromatic rings. The van der Waals surface area contributed by atoms with Crippen LogP contribution in [0.3, 0.4) is 0 Å². The van der Waals surface area contributed by atoms with Gasteiger partial charge in [0.1, 0.15) is 11.8 Å². The van der Waals surface area contributed by atoms with Crippen LogP contribution in [0.25, 0.3) is 0 Å². The minimum atomic E-state index is -0.939. The average Bonchev–Trinajstić information content (AvgIpc) is 2.93. The first-order chi connectivity index (χ1) is 10.0. The quantitative estimate of drug-likeness (QED) is 0.903. The topological polar surface area (TPSA) is 66.8 Å². The molecule has 114 valence electrons. The molecule has 0 aromatic heterocycles. The molecule has 2 atom stereocenters. The predicted molar refractivity (Wildman–Crippen MR) is 78.3 cm³/mol. The van der Waals surface area contributed by atoms with Crippen molar-refractivity contribution in [1.82, 2.24) is 4.90 Å². The summed E-state index contributed by atoms with van der Waals surface area (Å²) in [6.07, 6.45) is 1.12. The molecule has 1 heterocycles. The molecule has 1 fully saturated rings. The molecule has 0 bridgehead atoms. The molecule has 5 heteroatoms. The highest BCUT2D eigenvalue weighted by Gasteiger charge is 2.37. The maximum absolute atomic E-state index is 12.5. The molecule has 0 saturated carbocycles. The molecule has 0 aliphatic carbocycles. The van der Waals surface area contributed by atoms with Crippen LogP contribution in [0.1, 0.15) is 31.7 Å². The van der Waals surface area contributed by atoms with E-state index < -0.39 is 18.1 Å². The van der Waals surface area contributed by atoms with Crippen molar-refractivity contribution in [2.75, 3.05) is 6.54 Å². The van der Waals surface area contributed by atoms with E-state index in [1.165, 1.54) is 4.90 Å². The average molecular weight is 291 g/mol. The Morgan fingerprint density at radius 1 is 1.48 bits per heavy atom. The number of rotatable bonds is 5. The van der Waals surface area contributed by atoms with Crippen LogP contribution in [0, 0.1) is 6.92 Å². The zero-order valence-corrected chi connectivity index (χ0v) is 12.4. The second-order valence-electron chi connectivity index (χ2n) is 5.36. The molecule has 0 spiro atoms. The molecular formula is C16H21NO4. The number of likely N-dealkylation sites (tertiary alicyclic amines) is 1. The summed E-state index contributed by atoms with van der Waals surface area (Å²) in [7, 11) is 0. The maximum atomic E-state index is 12.5. The van der Waals surface area contributed by atoms with Crippen LogP contribution >= 0.6 is 0 Å². The van der Waals surface area contributed by atoms with Crippen LogP contribution in [0.5, 0.6) is 5.75 Å². The third-order valence-electron chi connectivity index (χ3n) is 3.74. The largest absolute Gasteiger partial charge is 0.481 e. The fourth-order valence-corrected chi connectivity index (χ4v) is 2.63. The van der Waals surface area contributed by atoms with Gasteiger partial charge in [-0.3, -0.25) is 4.79 Å². The van der Waals surface area contributed by atoms with Gasteiger partial charge in [-0.15, -0.1) is 0 Å². The minimum Gasteiger partial charge on any atom is -0.481 e. The first kappa shape index (κ1) is 15.4. The SMILES string of the molecule is CCC(Oc1cccc(C)c1)C(=O)N1CCC[C@@H]1C(=O)O. The lowest BCUT2D eigenvalue weighted by molar-refractivity contribution is -0.151. The van der Waals surface area contributed by atoms with Crippen molar-refractivity contribution >= 4 is 11.9 Å². The van der Waals surface area contributed by atoms with E-state index in [4.69, 9.17) is 4.74 Å². The molecule has 1 N–H and O–H groups in total. The van der Waals surface area contributed by atoms with E-state index in [9.17, 15) is 14.7 Å². The number of hydrogen-bond acceptors (Lipinski definition) is 3. The van der Waals surface area contributed by atoms with E-state index in [-0.39, 0.29) is 5.91 Å². The lowest BCUT2D eigenvalue weighted by atomic mass is 10.2. The van der Waals surface area contributed by atoms with Gasteiger partial charge < -0.3 is 14.7 Å². The summed E-state index contributed by atoms with van der Waals surface area (Å²) in [6.45, 7) is 4.31. The van der Waals surface area contributed by atoms with Crippen LogP contribution in [-0.4, -0.2) is 40.6 Å². The van der Waals surface area contributed by atoms with Gasteiger partial charge in [0, 0.05) is 6.54 Å². The van der Waals surface area contributed by atoms with Crippen molar-refractivity contribution in [3.63, 3.8) is 0 Å². The summed E-state index contributed by atoms with van der Waals surface area (Å²) < 4.78 is 5.76. The number of benzene rings is 1. The van der Waals surface area contributed by atoms with Gasteiger partial charge in [0.05, 0.1) is 0 Å². The van der Waals surface area contributed by atoms with Crippen molar-refractivity contribution < 1.29 is 19.4 Å². The van der Waals surface area contributed by atoms with Crippen molar-refractivity contribution in [3.05, 3.63) is 29.8 Å². The molecule has 2 rings (SSSR count). The van der Waals surface area contributed by atoms with Gasteiger partial charge in [-0.1, -0.05) is 19.1 Å². The van der Waals surface area contributed by atoms with E-state index in [1.807, 2.05) is 38.1 Å². The van der Waals surface area contributed by atoms with Crippen LogP contribution < -0.4 is 4.74 Å². The number of hydrogen-bond donors (Lipinski definition) is 1. The molecule has 1 aliphatic rings. The van der Waals surface area contributed by atoms with Gasteiger partial charge in [0.15, 0.2) is 6.10 Å². The molecule has 0 radical (unpaired) electrons. The van der Waals surface area contributed by atoms with E-state index in [0.29, 0.717) is 25.1 Å². The number of carboxylic acid groups (broad SMARTS) is 1. The number of carbonyl (C=O) groups excluding carboxylic acids is 1. The first-order valence-electron chi connectivity index (χ1n) is 7.29. The number of aliphatic carboxylic acids is 1. The Kier molecular flexibility index (Phi) is 4.83. The Morgan fingerprint density at radius 2 is 2.24 bits per heavy atom. The van der Waals surface area contributed by atoms with Crippen molar-refractivity contribution in [3.8, 4) is 5.75 Å². The summed E-state index contributed by atoms with van der Waals surface area (Å²) in [5, 5.41) is 9.18. The molecule has 1 unspecified atom stereocenters. The monoisotopic (exact) mass is 291 g/mol. The van der Waals surface area contributed by atoms with Crippen LogP contribution in [0.15, 0.2) is 24.3 Å². The Labute approximate surface area is 124 Å². The number of aryl methyl sites for hydroxylation is 1. The third kappa shape index (κ3) is 3.54.